The molecule has 4 nitrogen and oxygen atoms in total. The molecule has 0 saturated carbocycles. The standard InChI is InChI=1S/C10H18O4/c1-9-12-10(14-13-9)7-5-3-2-4-6-8-11/h8-10H,2-7H2,1H3/t9-,10-/m0/s1. The third kappa shape index (κ3) is 4.69. The quantitative estimate of drug-likeness (QED) is 0.360. The van der Waals surface area contributed by atoms with E-state index in [0.717, 1.165) is 38.4 Å². The molecule has 0 bridgehead atoms. The zero-order valence-electron chi connectivity index (χ0n) is 8.61. The highest BCUT2D eigenvalue weighted by Gasteiger charge is 2.23. The summed E-state index contributed by atoms with van der Waals surface area (Å²) >= 11 is 0. The second-order valence-electron chi connectivity index (χ2n) is 3.48. The highest BCUT2D eigenvalue weighted by Crippen LogP contribution is 2.18. The molecule has 2 atom stereocenters. The number of unbranched alkanes of at least 4 members (excludes halogenated alkanes) is 4. The van der Waals surface area contributed by atoms with Crippen LogP contribution < -0.4 is 0 Å². The van der Waals surface area contributed by atoms with Crippen molar-refractivity contribution in [2.45, 2.75) is 58.0 Å². The molecule has 0 N–H and O–H groups in total. The van der Waals surface area contributed by atoms with Gasteiger partial charge in [-0.2, -0.15) is 0 Å². The third-order valence-corrected chi connectivity index (χ3v) is 2.15. The van der Waals surface area contributed by atoms with Crippen LogP contribution in [-0.4, -0.2) is 18.9 Å². The van der Waals surface area contributed by atoms with Gasteiger partial charge in [-0.15, -0.1) is 0 Å². The summed E-state index contributed by atoms with van der Waals surface area (Å²) in [5, 5.41) is 0. The van der Waals surface area contributed by atoms with E-state index in [0.29, 0.717) is 6.42 Å². The summed E-state index contributed by atoms with van der Waals surface area (Å²) in [7, 11) is 0. The molecule has 1 heterocycles. The number of carbonyl (C=O) groups is 1. The molecule has 0 aliphatic carbocycles. The van der Waals surface area contributed by atoms with Crippen molar-refractivity contribution in [3.05, 3.63) is 0 Å². The minimum absolute atomic E-state index is 0.198. The van der Waals surface area contributed by atoms with E-state index < -0.39 is 0 Å². The van der Waals surface area contributed by atoms with E-state index >= 15 is 0 Å². The summed E-state index contributed by atoms with van der Waals surface area (Å²) in [6, 6.07) is 0. The molecular weight excluding hydrogens is 184 g/mol. The van der Waals surface area contributed by atoms with Crippen molar-refractivity contribution >= 4 is 6.29 Å². The molecule has 1 rings (SSSR count). The second kappa shape index (κ2) is 6.92. The van der Waals surface area contributed by atoms with Crippen LogP contribution in [0.15, 0.2) is 0 Å². The first-order valence-corrected chi connectivity index (χ1v) is 5.24. The average Bonchev–Trinajstić information content (AvgIpc) is 2.58. The smallest absolute Gasteiger partial charge is 0.194 e. The molecule has 0 aromatic rings. The molecule has 0 amide bonds. The molecule has 82 valence electrons. The summed E-state index contributed by atoms with van der Waals surface area (Å²) in [6.45, 7) is 1.81. The van der Waals surface area contributed by atoms with Crippen LogP contribution in [-0.2, 0) is 19.3 Å². The predicted octanol–water partition coefficient (Wildman–Crippen LogP) is 2.18. The van der Waals surface area contributed by atoms with Crippen LogP contribution in [0.5, 0.6) is 0 Å². The molecule has 14 heavy (non-hydrogen) atoms. The SMILES string of the molecule is C[C@@H]1OO[C@@H](CCCCCCC=O)O1. The number of hydrogen-bond donors (Lipinski definition) is 0. The molecule has 1 aliphatic heterocycles. The molecule has 1 aliphatic rings. The van der Waals surface area contributed by atoms with Gasteiger partial charge in [-0.05, 0) is 19.8 Å². The third-order valence-electron chi connectivity index (χ3n) is 2.15. The summed E-state index contributed by atoms with van der Waals surface area (Å²) in [5.74, 6) is 0. The van der Waals surface area contributed by atoms with Gasteiger partial charge in [0.25, 0.3) is 0 Å². The van der Waals surface area contributed by atoms with Crippen molar-refractivity contribution in [1.82, 2.24) is 0 Å². The Morgan fingerprint density at radius 3 is 2.57 bits per heavy atom. The monoisotopic (exact) mass is 202 g/mol. The van der Waals surface area contributed by atoms with Crippen molar-refractivity contribution in [1.29, 1.82) is 0 Å². The predicted molar refractivity (Wildman–Crippen MR) is 50.3 cm³/mol. The van der Waals surface area contributed by atoms with E-state index in [1.807, 2.05) is 6.92 Å². The molecule has 1 fully saturated rings. The van der Waals surface area contributed by atoms with Crippen LogP contribution in [0.4, 0.5) is 0 Å². The Morgan fingerprint density at radius 1 is 1.14 bits per heavy atom. The minimum atomic E-state index is -0.241. The van der Waals surface area contributed by atoms with Crippen LogP contribution >= 0.6 is 0 Å². The van der Waals surface area contributed by atoms with Crippen molar-refractivity contribution in [3.63, 3.8) is 0 Å². The molecule has 1 saturated heterocycles. The first-order valence-electron chi connectivity index (χ1n) is 5.24. The minimum Gasteiger partial charge on any atom is -0.318 e. The number of aldehydes is 1. The lowest BCUT2D eigenvalue weighted by Gasteiger charge is -2.05. The van der Waals surface area contributed by atoms with Crippen LogP contribution in [0.3, 0.4) is 0 Å². The zero-order valence-corrected chi connectivity index (χ0v) is 8.61. The highest BCUT2D eigenvalue weighted by atomic mass is 17.3. The lowest BCUT2D eigenvalue weighted by molar-refractivity contribution is -0.294. The summed E-state index contributed by atoms with van der Waals surface area (Å²) in [4.78, 5) is 19.7. The average molecular weight is 202 g/mol. The zero-order chi connectivity index (χ0) is 10.2. The first kappa shape index (κ1) is 11.6. The van der Waals surface area contributed by atoms with Crippen molar-refractivity contribution in [3.8, 4) is 0 Å². The lowest BCUT2D eigenvalue weighted by atomic mass is 10.1. The largest absolute Gasteiger partial charge is 0.318 e. The highest BCUT2D eigenvalue weighted by molar-refractivity contribution is 5.48. The van der Waals surface area contributed by atoms with Crippen molar-refractivity contribution < 1.29 is 19.3 Å². The molecule has 0 spiro atoms. The van der Waals surface area contributed by atoms with Gasteiger partial charge in [0.1, 0.15) is 6.29 Å². The Balaban J connectivity index is 1.86. The van der Waals surface area contributed by atoms with Gasteiger partial charge in [0, 0.05) is 12.8 Å². The van der Waals surface area contributed by atoms with Gasteiger partial charge >= 0.3 is 0 Å². The summed E-state index contributed by atoms with van der Waals surface area (Å²) in [5.41, 5.74) is 0. The Morgan fingerprint density at radius 2 is 1.93 bits per heavy atom. The summed E-state index contributed by atoms with van der Waals surface area (Å²) < 4.78 is 5.29. The fourth-order valence-corrected chi connectivity index (χ4v) is 1.41. The lowest BCUT2D eigenvalue weighted by Crippen LogP contribution is -2.08. The van der Waals surface area contributed by atoms with E-state index in [4.69, 9.17) is 14.5 Å². The Labute approximate surface area is 84.4 Å². The second-order valence-corrected chi connectivity index (χ2v) is 3.48. The molecular formula is C10H18O4. The van der Waals surface area contributed by atoms with Crippen LogP contribution in [0, 0.1) is 0 Å². The van der Waals surface area contributed by atoms with Gasteiger partial charge in [0.2, 0.25) is 0 Å². The normalized spacial score (nSPS) is 26.6. The Kier molecular flexibility index (Phi) is 5.75. The molecule has 4 heteroatoms. The van der Waals surface area contributed by atoms with Crippen molar-refractivity contribution in [2.24, 2.45) is 0 Å². The van der Waals surface area contributed by atoms with Crippen molar-refractivity contribution in [2.75, 3.05) is 0 Å². The van der Waals surface area contributed by atoms with E-state index in [9.17, 15) is 4.79 Å². The number of hydrogen-bond acceptors (Lipinski definition) is 4. The fourth-order valence-electron chi connectivity index (χ4n) is 1.41. The first-order chi connectivity index (χ1) is 6.83. The van der Waals surface area contributed by atoms with Gasteiger partial charge in [-0.25, -0.2) is 9.78 Å². The Bertz CT molecular complexity index is 160. The van der Waals surface area contributed by atoms with Gasteiger partial charge in [0.05, 0.1) is 0 Å². The van der Waals surface area contributed by atoms with E-state index in [1.54, 1.807) is 0 Å². The van der Waals surface area contributed by atoms with Gasteiger partial charge in [-0.1, -0.05) is 12.8 Å². The van der Waals surface area contributed by atoms with Gasteiger partial charge < -0.3 is 9.53 Å². The van der Waals surface area contributed by atoms with E-state index in [1.165, 1.54) is 0 Å². The van der Waals surface area contributed by atoms with Gasteiger partial charge in [-0.3, -0.25) is 0 Å². The number of carbonyl (C=O) groups excluding carboxylic acids is 1. The topological polar surface area (TPSA) is 44.8 Å². The number of rotatable bonds is 7. The van der Waals surface area contributed by atoms with E-state index in [2.05, 4.69) is 0 Å². The Hall–Kier alpha value is -0.450. The fraction of sp³-hybridized carbons (Fsp3) is 0.900. The molecule has 0 unspecified atom stereocenters. The van der Waals surface area contributed by atoms with Crippen LogP contribution in [0.2, 0.25) is 0 Å². The molecule has 0 radical (unpaired) electrons. The molecule has 0 aromatic carbocycles. The maximum absolute atomic E-state index is 10.0. The maximum atomic E-state index is 10.0. The van der Waals surface area contributed by atoms with Crippen LogP contribution in [0.25, 0.3) is 0 Å². The van der Waals surface area contributed by atoms with Gasteiger partial charge in [0.15, 0.2) is 12.6 Å². The molecule has 0 aromatic heterocycles. The maximum Gasteiger partial charge on any atom is 0.194 e. The summed E-state index contributed by atoms with van der Waals surface area (Å²) in [6.07, 6.45) is 6.34. The van der Waals surface area contributed by atoms with Crippen LogP contribution in [0.1, 0.15) is 45.4 Å². The van der Waals surface area contributed by atoms with E-state index in [-0.39, 0.29) is 12.6 Å². The number of ether oxygens (including phenoxy) is 1.